The fourth-order valence-corrected chi connectivity index (χ4v) is 3.59. The van der Waals surface area contributed by atoms with Crippen LogP contribution in [0.2, 0.25) is 0 Å². The first kappa shape index (κ1) is 21.8. The van der Waals surface area contributed by atoms with Crippen LogP contribution in [0.3, 0.4) is 0 Å². The third-order valence-electron chi connectivity index (χ3n) is 5.57. The van der Waals surface area contributed by atoms with Gasteiger partial charge in [-0.05, 0) is 44.2 Å². The highest BCUT2D eigenvalue weighted by Crippen LogP contribution is 2.30. The molecule has 1 aromatic heterocycles. The van der Waals surface area contributed by atoms with Crippen molar-refractivity contribution in [3.05, 3.63) is 65.9 Å². The second kappa shape index (κ2) is 9.81. The summed E-state index contributed by atoms with van der Waals surface area (Å²) in [5.74, 6) is 0.832. The van der Waals surface area contributed by atoms with Crippen LogP contribution in [0.25, 0.3) is 22.8 Å². The summed E-state index contributed by atoms with van der Waals surface area (Å²) in [6.45, 7) is 5.23. The van der Waals surface area contributed by atoms with Crippen LogP contribution in [0.5, 0.6) is 0 Å². The summed E-state index contributed by atoms with van der Waals surface area (Å²) in [7, 11) is 0. The summed E-state index contributed by atoms with van der Waals surface area (Å²) >= 11 is 0. The molecule has 0 aliphatic heterocycles. The van der Waals surface area contributed by atoms with Crippen LogP contribution in [0.15, 0.2) is 59.1 Å². The molecule has 6 nitrogen and oxygen atoms in total. The lowest BCUT2D eigenvalue weighted by molar-refractivity contribution is -0.134. The number of hydrogen-bond donors (Lipinski definition) is 0. The van der Waals surface area contributed by atoms with E-state index in [9.17, 15) is 9.59 Å². The molecule has 2 aromatic carbocycles. The van der Waals surface area contributed by atoms with Crippen LogP contribution in [0.4, 0.5) is 0 Å². The zero-order valence-corrected chi connectivity index (χ0v) is 18.5. The van der Waals surface area contributed by atoms with E-state index in [-0.39, 0.29) is 12.5 Å². The van der Waals surface area contributed by atoms with Gasteiger partial charge in [0.2, 0.25) is 5.89 Å². The van der Waals surface area contributed by atoms with Crippen molar-refractivity contribution < 1.29 is 18.7 Å². The van der Waals surface area contributed by atoms with E-state index in [2.05, 4.69) is 4.98 Å². The standard InChI is InChI=1S/C26H28N2O4/c1-3-14-28(16-19-10-11-19)24(29)17-31-26(30)22-7-5-4-6-21(22)25-27-15-23(32-25)20-12-8-18(2)9-13-20/h4-9,12-13,15,19H,3,10-11,14,16-17H2,1-2H3. The molecule has 1 amide bonds. The van der Waals surface area contributed by atoms with Crippen molar-refractivity contribution in [3.63, 3.8) is 0 Å². The maximum atomic E-state index is 12.8. The number of carbonyl (C=O) groups excluding carboxylic acids is 2. The Morgan fingerprint density at radius 2 is 1.88 bits per heavy atom. The number of amides is 1. The van der Waals surface area contributed by atoms with Gasteiger partial charge in [0.05, 0.1) is 17.3 Å². The van der Waals surface area contributed by atoms with Crippen LogP contribution < -0.4 is 0 Å². The molecule has 32 heavy (non-hydrogen) atoms. The van der Waals surface area contributed by atoms with Gasteiger partial charge in [0.25, 0.3) is 5.91 Å². The Bertz CT molecular complexity index is 1080. The first-order chi connectivity index (χ1) is 15.5. The number of carbonyl (C=O) groups is 2. The third-order valence-corrected chi connectivity index (χ3v) is 5.57. The zero-order valence-electron chi connectivity index (χ0n) is 18.5. The van der Waals surface area contributed by atoms with Gasteiger partial charge in [-0.25, -0.2) is 9.78 Å². The van der Waals surface area contributed by atoms with Gasteiger partial charge in [0.15, 0.2) is 12.4 Å². The summed E-state index contributed by atoms with van der Waals surface area (Å²) in [5.41, 5.74) is 2.92. The van der Waals surface area contributed by atoms with Crippen molar-refractivity contribution >= 4 is 11.9 Å². The molecular weight excluding hydrogens is 404 g/mol. The van der Waals surface area contributed by atoms with Gasteiger partial charge >= 0.3 is 5.97 Å². The average molecular weight is 433 g/mol. The van der Waals surface area contributed by atoms with Gasteiger partial charge in [-0.2, -0.15) is 0 Å². The minimum atomic E-state index is -0.563. The number of aromatic nitrogens is 1. The molecule has 0 atom stereocenters. The normalized spacial score (nSPS) is 13.1. The summed E-state index contributed by atoms with van der Waals surface area (Å²) in [4.78, 5) is 31.6. The molecule has 1 aliphatic rings. The largest absolute Gasteiger partial charge is 0.452 e. The lowest BCUT2D eigenvalue weighted by Crippen LogP contribution is -2.36. The van der Waals surface area contributed by atoms with Crippen molar-refractivity contribution in [2.45, 2.75) is 33.1 Å². The molecule has 0 N–H and O–H groups in total. The molecular formula is C26H28N2O4. The first-order valence-corrected chi connectivity index (χ1v) is 11.1. The fourth-order valence-electron chi connectivity index (χ4n) is 3.59. The molecule has 166 valence electrons. The Balaban J connectivity index is 1.46. The Morgan fingerprint density at radius 1 is 1.12 bits per heavy atom. The van der Waals surface area contributed by atoms with Crippen molar-refractivity contribution in [2.75, 3.05) is 19.7 Å². The number of aryl methyl sites for hydroxylation is 1. The number of rotatable bonds is 9. The van der Waals surface area contributed by atoms with Gasteiger partial charge in [-0.1, -0.05) is 48.9 Å². The minimum absolute atomic E-state index is 0.151. The van der Waals surface area contributed by atoms with E-state index in [4.69, 9.17) is 9.15 Å². The van der Waals surface area contributed by atoms with Crippen LogP contribution in [0, 0.1) is 12.8 Å². The fraction of sp³-hybridized carbons (Fsp3) is 0.346. The Hall–Kier alpha value is -3.41. The molecule has 1 aliphatic carbocycles. The van der Waals surface area contributed by atoms with E-state index >= 15 is 0 Å². The van der Waals surface area contributed by atoms with Gasteiger partial charge in [0.1, 0.15) is 0 Å². The van der Waals surface area contributed by atoms with Crippen molar-refractivity contribution in [1.29, 1.82) is 0 Å². The maximum absolute atomic E-state index is 12.8. The summed E-state index contributed by atoms with van der Waals surface area (Å²) < 4.78 is 11.3. The Morgan fingerprint density at radius 3 is 2.59 bits per heavy atom. The summed E-state index contributed by atoms with van der Waals surface area (Å²) in [5, 5.41) is 0. The van der Waals surface area contributed by atoms with E-state index in [1.54, 1.807) is 29.3 Å². The SMILES string of the molecule is CCCN(CC1CC1)C(=O)COC(=O)c1ccccc1-c1ncc(-c2ccc(C)cc2)o1. The highest BCUT2D eigenvalue weighted by Gasteiger charge is 2.27. The smallest absolute Gasteiger partial charge is 0.339 e. The topological polar surface area (TPSA) is 72.6 Å². The first-order valence-electron chi connectivity index (χ1n) is 11.1. The maximum Gasteiger partial charge on any atom is 0.339 e. The molecule has 4 rings (SSSR count). The van der Waals surface area contributed by atoms with E-state index in [1.807, 2.05) is 44.2 Å². The zero-order chi connectivity index (χ0) is 22.5. The lowest BCUT2D eigenvalue weighted by Gasteiger charge is -2.21. The third kappa shape index (κ3) is 5.25. The second-order valence-corrected chi connectivity index (χ2v) is 8.30. The predicted octanol–water partition coefficient (Wildman–Crippen LogP) is 5.12. The highest BCUT2D eigenvalue weighted by molar-refractivity contribution is 5.97. The molecule has 0 spiro atoms. The highest BCUT2D eigenvalue weighted by atomic mass is 16.5. The number of benzene rings is 2. The van der Waals surface area contributed by atoms with Gasteiger partial charge in [-0.3, -0.25) is 4.79 Å². The Labute approximate surface area is 188 Å². The van der Waals surface area contributed by atoms with Gasteiger partial charge < -0.3 is 14.1 Å². The van der Waals surface area contributed by atoms with Crippen molar-refractivity contribution in [1.82, 2.24) is 9.88 Å². The van der Waals surface area contributed by atoms with Crippen LogP contribution >= 0.6 is 0 Å². The van der Waals surface area contributed by atoms with Crippen molar-refractivity contribution in [2.24, 2.45) is 5.92 Å². The van der Waals surface area contributed by atoms with Gasteiger partial charge in [0, 0.05) is 18.7 Å². The molecule has 1 heterocycles. The molecule has 1 saturated carbocycles. The van der Waals surface area contributed by atoms with E-state index < -0.39 is 5.97 Å². The molecule has 0 unspecified atom stereocenters. The lowest BCUT2D eigenvalue weighted by atomic mass is 10.1. The molecule has 1 fully saturated rings. The molecule has 0 saturated heterocycles. The average Bonchev–Trinajstić information content (AvgIpc) is 3.50. The molecule has 6 heteroatoms. The number of hydrogen-bond acceptors (Lipinski definition) is 5. The number of nitrogens with zero attached hydrogens (tertiary/aromatic N) is 2. The number of oxazole rings is 1. The summed E-state index contributed by atoms with van der Waals surface area (Å²) in [6, 6.07) is 14.9. The molecule has 0 radical (unpaired) electrons. The van der Waals surface area contributed by atoms with E-state index in [0.717, 1.165) is 24.1 Å². The van der Waals surface area contributed by atoms with Gasteiger partial charge in [-0.15, -0.1) is 0 Å². The van der Waals surface area contributed by atoms with E-state index in [0.29, 0.717) is 35.2 Å². The predicted molar refractivity (Wildman–Crippen MR) is 122 cm³/mol. The molecule has 3 aromatic rings. The van der Waals surface area contributed by atoms with E-state index in [1.165, 1.54) is 12.8 Å². The number of ether oxygens (including phenoxy) is 1. The monoisotopic (exact) mass is 432 g/mol. The number of esters is 1. The van der Waals surface area contributed by atoms with Crippen molar-refractivity contribution in [3.8, 4) is 22.8 Å². The Kier molecular flexibility index (Phi) is 6.69. The quantitative estimate of drug-likeness (QED) is 0.439. The van der Waals surface area contributed by atoms with Crippen LogP contribution in [0.1, 0.15) is 42.1 Å². The summed E-state index contributed by atoms with van der Waals surface area (Å²) in [6.07, 6.45) is 4.86. The second-order valence-electron chi connectivity index (χ2n) is 8.30. The molecule has 0 bridgehead atoms. The van der Waals surface area contributed by atoms with Crippen LogP contribution in [-0.4, -0.2) is 41.5 Å². The minimum Gasteiger partial charge on any atom is -0.452 e. The van der Waals surface area contributed by atoms with Crippen LogP contribution in [-0.2, 0) is 9.53 Å².